The lowest BCUT2D eigenvalue weighted by atomic mass is 10.2. The molecular formula is C7H5ClFN. The van der Waals surface area contributed by atoms with E-state index in [1.54, 1.807) is 18.2 Å². The summed E-state index contributed by atoms with van der Waals surface area (Å²) in [4.78, 5) is 0. The molecule has 0 radical (unpaired) electrons. The molecule has 0 aliphatic rings. The van der Waals surface area contributed by atoms with Crippen molar-refractivity contribution in [2.45, 2.75) is 0 Å². The van der Waals surface area contributed by atoms with Crippen LogP contribution in [-0.4, -0.2) is 0 Å². The van der Waals surface area contributed by atoms with Crippen LogP contribution >= 0.6 is 12.4 Å². The monoisotopic (exact) mass is 157 g/mol. The van der Waals surface area contributed by atoms with Gasteiger partial charge in [0.15, 0.2) is 0 Å². The second-order valence-electron chi connectivity index (χ2n) is 1.59. The molecule has 1 rings (SSSR count). The predicted octanol–water partition coefficient (Wildman–Crippen LogP) is 2.12. The van der Waals surface area contributed by atoms with E-state index < -0.39 is 5.82 Å². The minimum atomic E-state index is -0.458. The largest absolute Gasteiger partial charge is 0.206 e. The van der Waals surface area contributed by atoms with Crippen molar-refractivity contribution in [3.05, 3.63) is 35.6 Å². The van der Waals surface area contributed by atoms with E-state index in [9.17, 15) is 4.39 Å². The van der Waals surface area contributed by atoms with Crippen molar-refractivity contribution in [3.63, 3.8) is 0 Å². The molecule has 10 heavy (non-hydrogen) atoms. The van der Waals surface area contributed by atoms with Crippen LogP contribution in [0.2, 0.25) is 0 Å². The number of nitrogens with zero attached hydrogens (tertiary/aromatic N) is 1. The first kappa shape index (κ1) is 8.93. The standard InChI is InChI=1S/C7H4FN.ClH/c8-7-4-2-1-3-6(7)5-9;/h1-4H;1H. The van der Waals surface area contributed by atoms with Gasteiger partial charge in [0.05, 0.1) is 5.56 Å². The van der Waals surface area contributed by atoms with Gasteiger partial charge in [0, 0.05) is 0 Å². The summed E-state index contributed by atoms with van der Waals surface area (Å²) in [5.41, 5.74) is 0.0949. The van der Waals surface area contributed by atoms with Gasteiger partial charge in [-0.25, -0.2) is 4.39 Å². The van der Waals surface area contributed by atoms with Crippen LogP contribution < -0.4 is 0 Å². The average Bonchev–Trinajstić information content (AvgIpc) is 1.89. The number of hydrogen-bond donors (Lipinski definition) is 0. The quantitative estimate of drug-likeness (QED) is 0.566. The average molecular weight is 158 g/mol. The highest BCUT2D eigenvalue weighted by molar-refractivity contribution is 5.85. The van der Waals surface area contributed by atoms with E-state index in [0.717, 1.165) is 0 Å². The van der Waals surface area contributed by atoms with Crippen molar-refractivity contribution in [1.29, 1.82) is 5.26 Å². The SMILES string of the molecule is Cl.N#Cc1ccccc1F. The summed E-state index contributed by atoms with van der Waals surface area (Å²) in [6, 6.07) is 7.60. The molecule has 3 heteroatoms. The minimum absolute atomic E-state index is 0. The molecule has 1 aromatic carbocycles. The van der Waals surface area contributed by atoms with Crippen LogP contribution in [0.3, 0.4) is 0 Å². The molecule has 0 bridgehead atoms. The first-order valence-electron chi connectivity index (χ1n) is 2.49. The molecule has 52 valence electrons. The van der Waals surface area contributed by atoms with Gasteiger partial charge >= 0.3 is 0 Å². The van der Waals surface area contributed by atoms with Gasteiger partial charge < -0.3 is 0 Å². The van der Waals surface area contributed by atoms with Crippen LogP contribution in [-0.2, 0) is 0 Å². The second-order valence-corrected chi connectivity index (χ2v) is 1.59. The maximum atomic E-state index is 12.4. The molecule has 0 amide bonds. The van der Waals surface area contributed by atoms with Crippen molar-refractivity contribution in [3.8, 4) is 6.07 Å². The van der Waals surface area contributed by atoms with E-state index in [1.807, 2.05) is 0 Å². The summed E-state index contributed by atoms with van der Waals surface area (Å²) in [7, 11) is 0. The molecule has 0 aliphatic carbocycles. The summed E-state index contributed by atoms with van der Waals surface area (Å²) < 4.78 is 12.4. The van der Waals surface area contributed by atoms with Gasteiger partial charge in [0.25, 0.3) is 0 Å². The lowest BCUT2D eigenvalue weighted by molar-refractivity contribution is 0.624. The lowest BCUT2D eigenvalue weighted by Gasteiger charge is -1.86. The highest BCUT2D eigenvalue weighted by Crippen LogP contribution is 2.02. The third-order valence-corrected chi connectivity index (χ3v) is 0.994. The number of rotatable bonds is 0. The van der Waals surface area contributed by atoms with Crippen LogP contribution in [0.15, 0.2) is 24.3 Å². The zero-order chi connectivity index (χ0) is 6.69. The molecule has 0 spiro atoms. The second kappa shape index (κ2) is 3.86. The molecule has 1 nitrogen and oxygen atoms in total. The van der Waals surface area contributed by atoms with E-state index in [-0.39, 0.29) is 18.0 Å². The van der Waals surface area contributed by atoms with Gasteiger partial charge in [-0.1, -0.05) is 12.1 Å². The Hall–Kier alpha value is -1.07. The summed E-state index contributed by atoms with van der Waals surface area (Å²) in [6.45, 7) is 0. The predicted molar refractivity (Wildman–Crippen MR) is 38.4 cm³/mol. The van der Waals surface area contributed by atoms with E-state index in [2.05, 4.69) is 0 Å². The Kier molecular flexibility index (Phi) is 3.45. The molecule has 0 saturated carbocycles. The smallest absolute Gasteiger partial charge is 0.140 e. The Balaban J connectivity index is 0.000000810. The molecule has 0 fully saturated rings. The zero-order valence-corrected chi connectivity index (χ0v) is 5.86. The Morgan fingerprint density at radius 2 is 1.90 bits per heavy atom. The summed E-state index contributed by atoms with van der Waals surface area (Å²) in [5, 5.41) is 8.23. The first-order valence-corrected chi connectivity index (χ1v) is 2.49. The summed E-state index contributed by atoms with van der Waals surface area (Å²) >= 11 is 0. The van der Waals surface area contributed by atoms with Crippen LogP contribution in [0.1, 0.15) is 5.56 Å². The number of halogens is 2. The van der Waals surface area contributed by atoms with Crippen LogP contribution in [0.5, 0.6) is 0 Å². The maximum absolute atomic E-state index is 12.4. The van der Waals surface area contributed by atoms with E-state index >= 15 is 0 Å². The molecule has 0 aliphatic heterocycles. The van der Waals surface area contributed by atoms with Crippen molar-refractivity contribution >= 4 is 12.4 Å². The van der Waals surface area contributed by atoms with E-state index in [1.165, 1.54) is 12.1 Å². The number of hydrogen-bond acceptors (Lipinski definition) is 1. The van der Waals surface area contributed by atoms with E-state index in [0.29, 0.717) is 0 Å². The minimum Gasteiger partial charge on any atom is -0.206 e. The Morgan fingerprint density at radius 1 is 1.30 bits per heavy atom. The molecular weight excluding hydrogens is 153 g/mol. The lowest BCUT2D eigenvalue weighted by Crippen LogP contribution is -1.78. The summed E-state index contributed by atoms with van der Waals surface area (Å²) in [5.74, 6) is -0.458. The van der Waals surface area contributed by atoms with Gasteiger partial charge in [-0.3, -0.25) is 0 Å². The Bertz CT molecular complexity index is 254. The van der Waals surface area contributed by atoms with E-state index in [4.69, 9.17) is 5.26 Å². The Labute approximate surface area is 64.5 Å². The number of benzene rings is 1. The fraction of sp³-hybridized carbons (Fsp3) is 0. The van der Waals surface area contributed by atoms with Crippen molar-refractivity contribution in [1.82, 2.24) is 0 Å². The van der Waals surface area contributed by atoms with Gasteiger partial charge in [-0.2, -0.15) is 5.26 Å². The topological polar surface area (TPSA) is 23.8 Å². The third kappa shape index (κ3) is 1.71. The molecule has 0 aromatic heterocycles. The third-order valence-electron chi connectivity index (χ3n) is 0.994. The maximum Gasteiger partial charge on any atom is 0.140 e. The van der Waals surface area contributed by atoms with Crippen LogP contribution in [0.4, 0.5) is 4.39 Å². The van der Waals surface area contributed by atoms with Gasteiger partial charge in [0.1, 0.15) is 11.9 Å². The normalized spacial score (nSPS) is 7.60. The highest BCUT2D eigenvalue weighted by atomic mass is 35.5. The highest BCUT2D eigenvalue weighted by Gasteiger charge is 1.94. The molecule has 0 N–H and O–H groups in total. The van der Waals surface area contributed by atoms with Gasteiger partial charge in [-0.15, -0.1) is 12.4 Å². The molecule has 1 aromatic rings. The number of nitriles is 1. The van der Waals surface area contributed by atoms with Crippen LogP contribution in [0.25, 0.3) is 0 Å². The fourth-order valence-corrected chi connectivity index (χ4v) is 0.552. The molecule has 0 unspecified atom stereocenters. The Morgan fingerprint density at radius 3 is 2.30 bits per heavy atom. The van der Waals surface area contributed by atoms with Crippen LogP contribution in [0, 0.1) is 17.1 Å². The van der Waals surface area contributed by atoms with Crippen molar-refractivity contribution in [2.24, 2.45) is 0 Å². The van der Waals surface area contributed by atoms with Gasteiger partial charge in [-0.05, 0) is 12.1 Å². The fourth-order valence-electron chi connectivity index (χ4n) is 0.552. The summed E-state index contributed by atoms with van der Waals surface area (Å²) in [6.07, 6.45) is 0. The zero-order valence-electron chi connectivity index (χ0n) is 5.04. The van der Waals surface area contributed by atoms with Crippen molar-refractivity contribution < 1.29 is 4.39 Å². The first-order chi connectivity index (χ1) is 4.34. The molecule has 0 atom stereocenters. The van der Waals surface area contributed by atoms with Gasteiger partial charge in [0.2, 0.25) is 0 Å². The molecule has 0 heterocycles. The van der Waals surface area contributed by atoms with Crippen molar-refractivity contribution in [2.75, 3.05) is 0 Å². The molecule has 0 saturated heterocycles.